The molecule has 221 valence electrons. The van der Waals surface area contributed by atoms with Gasteiger partial charge in [0, 0.05) is 0 Å². The van der Waals surface area contributed by atoms with E-state index in [0.717, 1.165) is 65.1 Å². The van der Waals surface area contributed by atoms with E-state index >= 15 is 0 Å². The molecule has 0 N–H and O–H groups in total. The quantitative estimate of drug-likeness (QED) is 0.144. The first-order valence-electron chi connectivity index (χ1n) is 13.1. The summed E-state index contributed by atoms with van der Waals surface area (Å²) in [6, 6.07) is 0. The van der Waals surface area contributed by atoms with Crippen LogP contribution < -0.4 is 0 Å². The molecule has 3 fully saturated rings. The summed E-state index contributed by atoms with van der Waals surface area (Å²) in [7, 11) is 0.438. The zero-order valence-corrected chi connectivity index (χ0v) is 28.1. The minimum atomic E-state index is 0.438. The van der Waals surface area contributed by atoms with Gasteiger partial charge in [-0.3, -0.25) is 0 Å². The molecule has 4 nitrogen and oxygen atoms in total. The summed E-state index contributed by atoms with van der Waals surface area (Å²) in [5.74, 6) is 10.4. The Morgan fingerprint density at radius 1 is 0.405 bits per heavy atom. The van der Waals surface area contributed by atoms with Crippen molar-refractivity contribution < 1.29 is 55.8 Å². The van der Waals surface area contributed by atoms with Crippen LogP contribution in [0.4, 0.5) is 0 Å². The summed E-state index contributed by atoms with van der Waals surface area (Å²) in [5.41, 5.74) is 0. The van der Waals surface area contributed by atoms with Gasteiger partial charge in [-0.05, 0) is 65.1 Å². The van der Waals surface area contributed by atoms with Crippen molar-refractivity contribution in [3.63, 3.8) is 0 Å². The third-order valence-corrected chi connectivity index (χ3v) is 9.94. The Labute approximate surface area is 248 Å². The third-order valence-electron chi connectivity index (χ3n) is 9.94. The first-order chi connectivity index (χ1) is 17.4. The minimum absolute atomic E-state index is 0.438. The number of hydrogen-bond acceptors (Lipinski definition) is 0. The van der Waals surface area contributed by atoms with Gasteiger partial charge in [-0.1, -0.05) is 102 Å². The zero-order chi connectivity index (χ0) is 30.9. The van der Waals surface area contributed by atoms with Crippen molar-refractivity contribution >= 4 is 0 Å². The van der Waals surface area contributed by atoms with Gasteiger partial charge in [0.25, 0.3) is 0 Å². The topological polar surface area (TPSA) is 79.6 Å². The molecule has 0 unspecified atom stereocenters. The van der Waals surface area contributed by atoms with Crippen molar-refractivity contribution in [1.82, 2.24) is 0 Å². The summed E-state index contributed by atoms with van der Waals surface area (Å²) in [6.45, 7) is 44.3. The molecule has 3 saturated carbocycles. The Morgan fingerprint density at radius 3 is 0.568 bits per heavy atom. The molecule has 0 amide bonds. The van der Waals surface area contributed by atoms with E-state index < -0.39 is 0 Å². The molecule has 0 aromatic carbocycles. The van der Waals surface area contributed by atoms with Crippen LogP contribution in [0.3, 0.4) is 0 Å². The predicted molar refractivity (Wildman–Crippen MR) is 135 cm³/mol. The van der Waals surface area contributed by atoms with Crippen LogP contribution in [0.2, 0.25) is 0 Å². The van der Waals surface area contributed by atoms with E-state index in [0.29, 0.717) is 10.4 Å². The van der Waals surface area contributed by atoms with Crippen LogP contribution in [0.1, 0.15) is 102 Å². The molecule has 7 heteroatoms. The molecule has 0 atom stereocenters. The molecule has 3 aliphatic rings. The van der Waals surface area contributed by atoms with Gasteiger partial charge in [0.1, 0.15) is 0 Å². The van der Waals surface area contributed by atoms with Crippen molar-refractivity contribution in [2.45, 2.75) is 102 Å². The summed E-state index contributed by atoms with van der Waals surface area (Å²) in [6.07, 6.45) is 5.95. The van der Waals surface area contributed by atoms with Crippen LogP contribution in [0.15, 0.2) is 0 Å². The Bertz CT molecular complexity index is 493. The van der Waals surface area contributed by atoms with Crippen LogP contribution >= 0.6 is 0 Å². The molecule has 0 aromatic rings. The van der Waals surface area contributed by atoms with Gasteiger partial charge in [0.05, 0.1) is 0 Å². The molecular formula is C30H52Co2MnO4. The van der Waals surface area contributed by atoms with Crippen LogP contribution in [-0.4, -0.2) is 0 Å². The van der Waals surface area contributed by atoms with Gasteiger partial charge in [-0.2, -0.15) is 0 Å². The first kappa shape index (κ1) is 47.3. The molecule has 0 aliphatic heterocycles. The maximum absolute atomic E-state index is 7.50. The van der Waals surface area contributed by atoms with Crippen LogP contribution in [-0.2, 0) is 55.8 Å². The van der Waals surface area contributed by atoms with Crippen molar-refractivity contribution in [3.8, 4) is 0 Å². The molecule has 37 heavy (non-hydrogen) atoms. The fourth-order valence-corrected chi connectivity index (χ4v) is 5.92. The van der Waals surface area contributed by atoms with Gasteiger partial charge in [0.2, 0.25) is 0 Å². The molecular weight excluding hydrogens is 597 g/mol. The second-order valence-corrected chi connectivity index (χ2v) is 13.9. The van der Waals surface area contributed by atoms with Gasteiger partial charge < -0.3 is 0 Å². The Kier molecular flexibility index (Phi) is 39.7. The Morgan fingerprint density at radius 2 is 0.514 bits per heavy atom. The average Bonchev–Trinajstić information content (AvgIpc) is 3.54. The van der Waals surface area contributed by atoms with E-state index in [9.17, 15) is 0 Å². The summed E-state index contributed by atoms with van der Waals surface area (Å²) >= 11 is 7.44. The van der Waals surface area contributed by atoms with Crippen LogP contribution in [0, 0.1) is 91.7 Å². The molecule has 0 aromatic heterocycles. The van der Waals surface area contributed by atoms with Crippen molar-refractivity contribution in [2.24, 2.45) is 65.1 Å². The SMILES string of the molecule is CC1C(C)C(C)C(C)C1C.CC1C(C)C(C)C(C)C1C.CC1CCCC1.[C-]#[O+].[C-]#[O+].[C-]#[O+].[C-]#[O+].[Co]=[Mn]=[Co]. The first-order valence-corrected chi connectivity index (χ1v) is 17.1. The van der Waals surface area contributed by atoms with Gasteiger partial charge in [0.15, 0.2) is 0 Å². The van der Waals surface area contributed by atoms with E-state index in [1.807, 2.05) is 0 Å². The van der Waals surface area contributed by atoms with Crippen LogP contribution in [0.5, 0.6) is 0 Å². The maximum atomic E-state index is 7.50. The van der Waals surface area contributed by atoms with Crippen molar-refractivity contribution in [1.29, 1.82) is 0 Å². The zero-order valence-electron chi connectivity index (χ0n) is 24.9. The van der Waals surface area contributed by atoms with E-state index in [-0.39, 0.29) is 0 Å². The van der Waals surface area contributed by atoms with E-state index in [4.69, 9.17) is 18.6 Å². The molecule has 0 spiro atoms. The summed E-state index contributed by atoms with van der Waals surface area (Å²) < 4.78 is 30.0. The molecule has 0 bridgehead atoms. The van der Waals surface area contributed by atoms with E-state index in [2.05, 4.69) is 130 Å². The third kappa shape index (κ3) is 19.2. The number of hydrogen-bond donors (Lipinski definition) is 0. The molecule has 0 heterocycles. The fourth-order valence-electron chi connectivity index (χ4n) is 5.92. The van der Waals surface area contributed by atoms with Gasteiger partial charge in [-0.25, -0.2) is 0 Å². The number of rotatable bonds is 0. The predicted octanol–water partition coefficient (Wildman–Crippen LogP) is 8.40. The second kappa shape index (κ2) is 31.0. The monoisotopic (exact) mass is 649 g/mol. The summed E-state index contributed by atoms with van der Waals surface area (Å²) in [5, 5.41) is 0. The second-order valence-electron chi connectivity index (χ2n) is 11.0. The van der Waals surface area contributed by atoms with Crippen molar-refractivity contribution in [2.75, 3.05) is 0 Å². The average molecular weight is 650 g/mol. The van der Waals surface area contributed by atoms with E-state index in [1.54, 1.807) is 0 Å². The molecule has 3 rings (SSSR count). The Balaban J connectivity index is -0.000000118. The molecule has 0 saturated heterocycles. The fraction of sp³-hybridized carbons (Fsp3) is 0.867. The summed E-state index contributed by atoms with van der Waals surface area (Å²) in [4.78, 5) is 0. The van der Waals surface area contributed by atoms with Crippen LogP contribution in [0.25, 0.3) is 0 Å². The van der Waals surface area contributed by atoms with E-state index in [1.165, 1.54) is 25.7 Å². The van der Waals surface area contributed by atoms with Gasteiger partial charge in [-0.15, -0.1) is 0 Å². The Hall–Kier alpha value is 0.492. The normalized spacial score (nSPS) is 34.7. The van der Waals surface area contributed by atoms with Crippen molar-refractivity contribution in [3.05, 3.63) is 26.6 Å². The van der Waals surface area contributed by atoms with Gasteiger partial charge >= 0.3 is 82.4 Å². The molecule has 3 aliphatic carbocycles. The molecule has 0 radical (unpaired) electrons. The standard InChI is InChI=1S/2C10H20.C6H12.4CO.2Co.Mn/c2*1-6-7(2)9(4)10(5)8(6)3;1-6-4-2-3-5-6;4*1-2;;;/h2*6-10H,1-5H3;6H,2-5H2,1H3;;;;;;;.